The number of benzene rings is 2. The zero-order valence-corrected chi connectivity index (χ0v) is 13.9. The minimum absolute atomic E-state index is 0.157. The van der Waals surface area contributed by atoms with E-state index in [2.05, 4.69) is 10.3 Å². The first-order valence-electron chi connectivity index (χ1n) is 7.76. The molecule has 0 aliphatic carbocycles. The monoisotopic (exact) mass is 338 g/mol. The van der Waals surface area contributed by atoms with Crippen LogP contribution in [0.4, 0.5) is 0 Å². The van der Waals surface area contributed by atoms with Crippen molar-refractivity contribution in [2.75, 3.05) is 6.54 Å². The SMILES string of the molecule is O=C(NCCC(O)c1ccccc1)c1cnc(-c2ccccc2)s1. The maximum atomic E-state index is 12.2. The molecule has 4 nitrogen and oxygen atoms in total. The summed E-state index contributed by atoms with van der Waals surface area (Å²) in [4.78, 5) is 17.1. The van der Waals surface area contributed by atoms with Gasteiger partial charge in [0.05, 0.1) is 12.3 Å². The van der Waals surface area contributed by atoms with Gasteiger partial charge in [-0.15, -0.1) is 11.3 Å². The summed E-state index contributed by atoms with van der Waals surface area (Å²) >= 11 is 1.36. The van der Waals surface area contributed by atoms with E-state index in [-0.39, 0.29) is 5.91 Å². The Bertz CT molecular complexity index is 787. The van der Waals surface area contributed by atoms with Crippen LogP contribution in [0, 0.1) is 0 Å². The molecule has 1 aromatic heterocycles. The van der Waals surface area contributed by atoms with Crippen molar-refractivity contribution in [1.29, 1.82) is 0 Å². The lowest BCUT2D eigenvalue weighted by Gasteiger charge is -2.11. The van der Waals surface area contributed by atoms with Crippen LogP contribution in [-0.2, 0) is 0 Å². The van der Waals surface area contributed by atoms with Gasteiger partial charge in [-0.2, -0.15) is 0 Å². The Morgan fingerprint density at radius 3 is 2.46 bits per heavy atom. The van der Waals surface area contributed by atoms with Crippen molar-refractivity contribution in [3.8, 4) is 10.6 Å². The Hall–Kier alpha value is -2.50. The number of amides is 1. The van der Waals surface area contributed by atoms with Gasteiger partial charge >= 0.3 is 0 Å². The Kier molecular flexibility index (Phi) is 5.36. The Morgan fingerprint density at radius 1 is 1.08 bits per heavy atom. The fourth-order valence-corrected chi connectivity index (χ4v) is 3.18. The molecule has 122 valence electrons. The number of aliphatic hydroxyl groups is 1. The van der Waals surface area contributed by atoms with E-state index in [1.165, 1.54) is 11.3 Å². The highest BCUT2D eigenvalue weighted by molar-refractivity contribution is 7.16. The lowest BCUT2D eigenvalue weighted by molar-refractivity contribution is 0.0946. The van der Waals surface area contributed by atoms with Crippen LogP contribution < -0.4 is 5.32 Å². The second kappa shape index (κ2) is 7.86. The summed E-state index contributed by atoms with van der Waals surface area (Å²) < 4.78 is 0. The molecule has 2 aromatic carbocycles. The van der Waals surface area contributed by atoms with Crippen molar-refractivity contribution in [2.24, 2.45) is 0 Å². The van der Waals surface area contributed by atoms with E-state index in [1.54, 1.807) is 6.20 Å². The molecule has 1 atom stereocenters. The molecule has 0 aliphatic rings. The van der Waals surface area contributed by atoms with Crippen LogP contribution in [0.5, 0.6) is 0 Å². The molecule has 0 radical (unpaired) electrons. The second-order valence-corrected chi connectivity index (χ2v) is 6.40. The van der Waals surface area contributed by atoms with Gasteiger partial charge in [-0.05, 0) is 12.0 Å². The first-order chi connectivity index (χ1) is 11.7. The average molecular weight is 338 g/mol. The van der Waals surface area contributed by atoms with Crippen molar-refractivity contribution in [3.05, 3.63) is 77.3 Å². The number of carbonyl (C=O) groups excluding carboxylic acids is 1. The van der Waals surface area contributed by atoms with E-state index in [0.717, 1.165) is 16.1 Å². The number of hydrogen-bond donors (Lipinski definition) is 2. The summed E-state index contributed by atoms with van der Waals surface area (Å²) in [5, 5.41) is 13.8. The van der Waals surface area contributed by atoms with Crippen molar-refractivity contribution >= 4 is 17.2 Å². The van der Waals surface area contributed by atoms with E-state index in [4.69, 9.17) is 0 Å². The zero-order chi connectivity index (χ0) is 16.8. The predicted molar refractivity (Wildman–Crippen MR) is 95.9 cm³/mol. The minimum Gasteiger partial charge on any atom is -0.388 e. The van der Waals surface area contributed by atoms with Gasteiger partial charge in [0.1, 0.15) is 9.88 Å². The van der Waals surface area contributed by atoms with Crippen LogP contribution in [0.15, 0.2) is 66.9 Å². The molecule has 1 amide bonds. The number of nitrogens with one attached hydrogen (secondary N) is 1. The smallest absolute Gasteiger partial charge is 0.263 e. The number of aromatic nitrogens is 1. The number of hydrogen-bond acceptors (Lipinski definition) is 4. The predicted octanol–water partition coefficient (Wildman–Crippen LogP) is 3.66. The van der Waals surface area contributed by atoms with E-state index in [1.807, 2.05) is 60.7 Å². The molecular weight excluding hydrogens is 320 g/mol. The maximum absolute atomic E-state index is 12.2. The molecule has 0 saturated heterocycles. The lowest BCUT2D eigenvalue weighted by Crippen LogP contribution is -2.24. The van der Waals surface area contributed by atoms with E-state index < -0.39 is 6.10 Å². The molecule has 0 aliphatic heterocycles. The van der Waals surface area contributed by atoms with Crippen molar-refractivity contribution in [3.63, 3.8) is 0 Å². The second-order valence-electron chi connectivity index (χ2n) is 5.37. The summed E-state index contributed by atoms with van der Waals surface area (Å²) in [6, 6.07) is 19.2. The maximum Gasteiger partial charge on any atom is 0.263 e. The third kappa shape index (κ3) is 4.07. The summed E-state index contributed by atoms with van der Waals surface area (Å²) in [5.41, 5.74) is 1.86. The van der Waals surface area contributed by atoms with Crippen LogP contribution >= 0.6 is 11.3 Å². The van der Waals surface area contributed by atoms with Crippen LogP contribution in [0.2, 0.25) is 0 Å². The first kappa shape index (κ1) is 16.4. The molecule has 24 heavy (non-hydrogen) atoms. The summed E-state index contributed by atoms with van der Waals surface area (Å²) in [6.07, 6.45) is 1.49. The average Bonchev–Trinajstić information content (AvgIpc) is 3.13. The summed E-state index contributed by atoms with van der Waals surface area (Å²) in [5.74, 6) is -0.157. The van der Waals surface area contributed by atoms with Crippen LogP contribution in [0.25, 0.3) is 10.6 Å². The van der Waals surface area contributed by atoms with Gasteiger partial charge in [-0.1, -0.05) is 60.7 Å². The molecule has 1 unspecified atom stereocenters. The Balaban J connectivity index is 1.53. The molecule has 0 saturated carbocycles. The van der Waals surface area contributed by atoms with Gasteiger partial charge in [0, 0.05) is 12.1 Å². The third-order valence-corrected chi connectivity index (χ3v) is 4.68. The molecule has 0 spiro atoms. The van der Waals surface area contributed by atoms with Gasteiger partial charge in [-0.3, -0.25) is 4.79 Å². The lowest BCUT2D eigenvalue weighted by atomic mass is 10.1. The standard InChI is InChI=1S/C19H18N2O2S/c22-16(14-7-3-1-4-8-14)11-12-20-18(23)17-13-21-19(24-17)15-9-5-2-6-10-15/h1-10,13,16,22H,11-12H2,(H,20,23). The third-order valence-electron chi connectivity index (χ3n) is 3.64. The largest absolute Gasteiger partial charge is 0.388 e. The highest BCUT2D eigenvalue weighted by Gasteiger charge is 2.12. The Morgan fingerprint density at radius 2 is 1.75 bits per heavy atom. The first-order valence-corrected chi connectivity index (χ1v) is 8.58. The van der Waals surface area contributed by atoms with E-state index in [9.17, 15) is 9.90 Å². The minimum atomic E-state index is -0.576. The zero-order valence-electron chi connectivity index (χ0n) is 13.1. The van der Waals surface area contributed by atoms with E-state index in [0.29, 0.717) is 17.8 Å². The van der Waals surface area contributed by atoms with E-state index >= 15 is 0 Å². The molecule has 0 fully saturated rings. The summed E-state index contributed by atoms with van der Waals surface area (Å²) in [6.45, 7) is 0.410. The number of aliphatic hydroxyl groups excluding tert-OH is 1. The van der Waals surface area contributed by atoms with Crippen LogP contribution in [-0.4, -0.2) is 22.5 Å². The number of thiazole rings is 1. The topological polar surface area (TPSA) is 62.2 Å². The molecular formula is C19H18N2O2S. The normalized spacial score (nSPS) is 11.9. The molecule has 5 heteroatoms. The van der Waals surface area contributed by atoms with Crippen molar-refractivity contribution < 1.29 is 9.90 Å². The van der Waals surface area contributed by atoms with Crippen molar-refractivity contribution in [2.45, 2.75) is 12.5 Å². The van der Waals surface area contributed by atoms with Crippen molar-refractivity contribution in [1.82, 2.24) is 10.3 Å². The Labute approximate surface area is 144 Å². The summed E-state index contributed by atoms with van der Waals surface area (Å²) in [7, 11) is 0. The van der Waals surface area contributed by atoms with Gasteiger partial charge < -0.3 is 10.4 Å². The van der Waals surface area contributed by atoms with Gasteiger partial charge in [0.15, 0.2) is 0 Å². The van der Waals surface area contributed by atoms with Crippen LogP contribution in [0.3, 0.4) is 0 Å². The van der Waals surface area contributed by atoms with Gasteiger partial charge in [0.2, 0.25) is 0 Å². The number of nitrogens with zero attached hydrogens (tertiary/aromatic N) is 1. The van der Waals surface area contributed by atoms with Gasteiger partial charge in [-0.25, -0.2) is 4.98 Å². The van der Waals surface area contributed by atoms with Gasteiger partial charge in [0.25, 0.3) is 5.91 Å². The molecule has 1 heterocycles. The highest BCUT2D eigenvalue weighted by atomic mass is 32.1. The fourth-order valence-electron chi connectivity index (χ4n) is 2.34. The fraction of sp³-hybridized carbons (Fsp3) is 0.158. The number of rotatable bonds is 6. The molecule has 3 rings (SSSR count). The molecule has 2 N–H and O–H groups in total. The number of carbonyl (C=O) groups is 1. The molecule has 3 aromatic rings. The highest BCUT2D eigenvalue weighted by Crippen LogP contribution is 2.24. The quantitative estimate of drug-likeness (QED) is 0.721. The molecule has 0 bridgehead atoms. The van der Waals surface area contributed by atoms with Crippen LogP contribution in [0.1, 0.15) is 27.8 Å².